The summed E-state index contributed by atoms with van der Waals surface area (Å²) in [4.78, 5) is 13.6. The standard InChI is InChI=1S/C15H18N4O2/c1-15(2,9-16)14-5-12(7-19-11-17-10-18-19)4-13(6-14)8-21-20-3/h4-6,10-11H,7-8H2,1-3H3. The SMILES string of the molecule is COOCc1cc(Cn2cncn2)cc(C(C)(C)C#N)c1. The second kappa shape index (κ2) is 6.48. The monoisotopic (exact) mass is 286 g/mol. The van der Waals surface area contributed by atoms with Gasteiger partial charge in [0.15, 0.2) is 0 Å². The molecule has 0 saturated heterocycles. The van der Waals surface area contributed by atoms with Gasteiger partial charge < -0.3 is 0 Å². The first-order valence-corrected chi connectivity index (χ1v) is 6.58. The van der Waals surface area contributed by atoms with Crippen molar-refractivity contribution in [1.82, 2.24) is 14.8 Å². The van der Waals surface area contributed by atoms with Crippen molar-refractivity contribution >= 4 is 0 Å². The van der Waals surface area contributed by atoms with Crippen LogP contribution in [0, 0.1) is 11.3 Å². The van der Waals surface area contributed by atoms with Gasteiger partial charge in [0.1, 0.15) is 19.3 Å². The minimum absolute atomic E-state index is 0.330. The fraction of sp³-hybridized carbons (Fsp3) is 0.400. The molecule has 0 saturated carbocycles. The molecule has 2 aromatic rings. The second-order valence-corrected chi connectivity index (χ2v) is 5.30. The molecule has 0 bridgehead atoms. The fourth-order valence-corrected chi connectivity index (χ4v) is 1.99. The third-order valence-electron chi connectivity index (χ3n) is 3.21. The molecular formula is C15H18N4O2. The molecule has 0 amide bonds. The molecule has 0 aliphatic carbocycles. The smallest absolute Gasteiger partial charge is 0.137 e. The van der Waals surface area contributed by atoms with Crippen molar-refractivity contribution < 1.29 is 9.78 Å². The Bertz CT molecular complexity index is 630. The van der Waals surface area contributed by atoms with Crippen LogP contribution in [-0.4, -0.2) is 21.9 Å². The summed E-state index contributed by atoms with van der Waals surface area (Å²) in [5.74, 6) is 0. The Labute approximate surface area is 123 Å². The molecule has 110 valence electrons. The van der Waals surface area contributed by atoms with Crippen molar-refractivity contribution in [2.75, 3.05) is 7.11 Å². The van der Waals surface area contributed by atoms with Crippen molar-refractivity contribution in [2.24, 2.45) is 0 Å². The minimum atomic E-state index is -0.569. The predicted octanol–water partition coefficient (Wildman–Crippen LogP) is 2.21. The van der Waals surface area contributed by atoms with Crippen molar-refractivity contribution in [1.29, 1.82) is 5.26 Å². The van der Waals surface area contributed by atoms with Crippen molar-refractivity contribution in [3.63, 3.8) is 0 Å². The molecule has 0 atom stereocenters. The molecule has 0 spiro atoms. The van der Waals surface area contributed by atoms with E-state index >= 15 is 0 Å². The summed E-state index contributed by atoms with van der Waals surface area (Å²) in [5, 5.41) is 13.4. The highest BCUT2D eigenvalue weighted by Gasteiger charge is 2.21. The minimum Gasteiger partial charge on any atom is -0.249 e. The molecule has 0 N–H and O–H groups in total. The lowest BCUT2D eigenvalue weighted by molar-refractivity contribution is -0.282. The average Bonchev–Trinajstić information content (AvgIpc) is 2.97. The van der Waals surface area contributed by atoms with E-state index in [0.717, 1.165) is 16.7 Å². The zero-order chi connectivity index (χ0) is 15.3. The summed E-state index contributed by atoms with van der Waals surface area (Å²) in [5.41, 5.74) is 2.36. The van der Waals surface area contributed by atoms with Gasteiger partial charge in [-0.15, -0.1) is 0 Å². The second-order valence-electron chi connectivity index (χ2n) is 5.30. The Balaban J connectivity index is 2.35. The molecule has 0 unspecified atom stereocenters. The molecule has 6 heteroatoms. The van der Waals surface area contributed by atoms with Crippen molar-refractivity contribution in [3.05, 3.63) is 47.5 Å². The maximum atomic E-state index is 9.33. The third-order valence-corrected chi connectivity index (χ3v) is 3.21. The summed E-state index contributed by atoms with van der Waals surface area (Å²) < 4.78 is 1.74. The number of hydrogen-bond donors (Lipinski definition) is 0. The Morgan fingerprint density at radius 2 is 2.05 bits per heavy atom. The highest BCUT2D eigenvalue weighted by Crippen LogP contribution is 2.25. The Morgan fingerprint density at radius 1 is 1.29 bits per heavy atom. The Hall–Kier alpha value is -2.23. The highest BCUT2D eigenvalue weighted by molar-refractivity contribution is 5.37. The number of benzene rings is 1. The van der Waals surface area contributed by atoms with Gasteiger partial charge in [0.05, 0.1) is 25.1 Å². The van der Waals surface area contributed by atoms with Crippen LogP contribution < -0.4 is 0 Å². The fourth-order valence-electron chi connectivity index (χ4n) is 1.99. The Morgan fingerprint density at radius 3 is 2.67 bits per heavy atom. The quantitative estimate of drug-likeness (QED) is 0.601. The van der Waals surface area contributed by atoms with Crippen LogP contribution in [0.3, 0.4) is 0 Å². The topological polar surface area (TPSA) is 73.0 Å². The van der Waals surface area contributed by atoms with Gasteiger partial charge in [0.25, 0.3) is 0 Å². The average molecular weight is 286 g/mol. The van der Waals surface area contributed by atoms with Crippen LogP contribution in [0.2, 0.25) is 0 Å². The van der Waals surface area contributed by atoms with Gasteiger partial charge in [0, 0.05) is 0 Å². The van der Waals surface area contributed by atoms with Gasteiger partial charge in [-0.25, -0.2) is 19.4 Å². The first kappa shape index (κ1) is 15.2. The van der Waals surface area contributed by atoms with Gasteiger partial charge in [-0.3, -0.25) is 0 Å². The summed E-state index contributed by atoms with van der Waals surface area (Å²) >= 11 is 0. The lowest BCUT2D eigenvalue weighted by Gasteiger charge is -2.18. The van der Waals surface area contributed by atoms with Crippen LogP contribution in [0.25, 0.3) is 0 Å². The van der Waals surface area contributed by atoms with Gasteiger partial charge in [-0.2, -0.15) is 10.4 Å². The number of nitrogens with zero attached hydrogens (tertiary/aromatic N) is 4. The molecular weight excluding hydrogens is 268 g/mol. The Kier molecular flexibility index (Phi) is 4.68. The molecule has 0 fully saturated rings. The van der Waals surface area contributed by atoms with E-state index in [4.69, 9.17) is 4.89 Å². The van der Waals surface area contributed by atoms with Gasteiger partial charge in [-0.1, -0.05) is 18.2 Å². The van der Waals surface area contributed by atoms with Crippen LogP contribution in [0.5, 0.6) is 0 Å². The number of nitriles is 1. The summed E-state index contributed by atoms with van der Waals surface area (Å²) in [6.07, 6.45) is 3.16. The van der Waals surface area contributed by atoms with E-state index in [2.05, 4.69) is 21.0 Å². The van der Waals surface area contributed by atoms with E-state index in [1.54, 1.807) is 11.0 Å². The molecule has 6 nitrogen and oxygen atoms in total. The summed E-state index contributed by atoms with van der Waals surface area (Å²) in [6, 6.07) is 8.31. The van der Waals surface area contributed by atoms with Gasteiger partial charge in [0.2, 0.25) is 0 Å². The first-order chi connectivity index (χ1) is 10.0. The molecule has 1 aromatic heterocycles. The van der Waals surface area contributed by atoms with E-state index < -0.39 is 5.41 Å². The van der Waals surface area contributed by atoms with Crippen molar-refractivity contribution in [2.45, 2.75) is 32.4 Å². The summed E-state index contributed by atoms with van der Waals surface area (Å²) in [6.45, 7) is 4.70. The maximum Gasteiger partial charge on any atom is 0.137 e. The van der Waals surface area contributed by atoms with Crippen LogP contribution in [0.15, 0.2) is 30.9 Å². The first-order valence-electron chi connectivity index (χ1n) is 6.58. The number of aromatic nitrogens is 3. The molecule has 21 heavy (non-hydrogen) atoms. The van der Waals surface area contributed by atoms with Crippen LogP contribution in [0.4, 0.5) is 0 Å². The molecule has 0 aliphatic rings. The van der Waals surface area contributed by atoms with E-state index in [-0.39, 0.29) is 0 Å². The van der Waals surface area contributed by atoms with E-state index in [1.165, 1.54) is 13.4 Å². The lowest BCUT2D eigenvalue weighted by atomic mass is 9.84. The number of rotatable bonds is 6. The zero-order valence-corrected chi connectivity index (χ0v) is 12.4. The van der Waals surface area contributed by atoms with Crippen LogP contribution in [-0.2, 0) is 28.3 Å². The van der Waals surface area contributed by atoms with E-state index in [1.807, 2.05) is 32.0 Å². The molecule has 0 aliphatic heterocycles. The van der Waals surface area contributed by atoms with Crippen molar-refractivity contribution in [3.8, 4) is 6.07 Å². The molecule has 1 aromatic carbocycles. The van der Waals surface area contributed by atoms with Gasteiger partial charge in [-0.05, 0) is 30.5 Å². The largest absolute Gasteiger partial charge is 0.249 e. The van der Waals surface area contributed by atoms with E-state index in [0.29, 0.717) is 13.2 Å². The van der Waals surface area contributed by atoms with Crippen LogP contribution >= 0.6 is 0 Å². The van der Waals surface area contributed by atoms with Crippen LogP contribution in [0.1, 0.15) is 30.5 Å². The highest BCUT2D eigenvalue weighted by atomic mass is 17.2. The summed E-state index contributed by atoms with van der Waals surface area (Å²) in [7, 11) is 1.47. The molecule has 2 rings (SSSR count). The predicted molar refractivity (Wildman–Crippen MR) is 76.0 cm³/mol. The zero-order valence-electron chi connectivity index (χ0n) is 12.4. The number of hydrogen-bond acceptors (Lipinski definition) is 5. The maximum absolute atomic E-state index is 9.33. The van der Waals surface area contributed by atoms with E-state index in [9.17, 15) is 5.26 Å². The lowest BCUT2D eigenvalue weighted by Crippen LogP contribution is -2.15. The molecule has 0 radical (unpaired) electrons. The normalized spacial score (nSPS) is 11.3. The van der Waals surface area contributed by atoms with Gasteiger partial charge >= 0.3 is 0 Å². The molecule has 1 heterocycles. The third kappa shape index (κ3) is 3.88.